The molecular weight excluding hydrogens is 272 g/mol. The van der Waals surface area contributed by atoms with Gasteiger partial charge in [-0.2, -0.15) is 0 Å². The lowest BCUT2D eigenvalue weighted by molar-refractivity contribution is 0.0197. The highest BCUT2D eigenvalue weighted by Crippen LogP contribution is 2.10. The number of hydrogen-bond donors (Lipinski definition) is 1. The van der Waals surface area contributed by atoms with E-state index in [0.717, 1.165) is 32.6 Å². The van der Waals surface area contributed by atoms with Gasteiger partial charge >= 0.3 is 6.09 Å². The second kappa shape index (κ2) is 9.23. The van der Waals surface area contributed by atoms with E-state index in [0.29, 0.717) is 25.7 Å². The zero-order valence-electron chi connectivity index (χ0n) is 13.8. The van der Waals surface area contributed by atoms with Crippen LogP contribution < -0.4 is 5.32 Å². The van der Waals surface area contributed by atoms with Crippen LogP contribution in [0.2, 0.25) is 0 Å². The van der Waals surface area contributed by atoms with Crippen LogP contribution in [0.1, 0.15) is 33.6 Å². The van der Waals surface area contributed by atoms with Crippen molar-refractivity contribution in [2.75, 3.05) is 46.6 Å². The second-order valence-corrected chi connectivity index (χ2v) is 6.30. The second-order valence-electron chi connectivity index (χ2n) is 6.30. The highest BCUT2D eigenvalue weighted by Gasteiger charge is 2.22. The lowest BCUT2D eigenvalue weighted by Crippen LogP contribution is -2.44. The third kappa shape index (κ3) is 8.24. The van der Waals surface area contributed by atoms with Gasteiger partial charge in [0, 0.05) is 46.0 Å². The van der Waals surface area contributed by atoms with Crippen LogP contribution in [0, 0.1) is 0 Å². The number of nitrogens with one attached hydrogen (secondary N) is 1. The van der Waals surface area contributed by atoms with E-state index in [1.165, 1.54) is 0 Å². The van der Waals surface area contributed by atoms with Gasteiger partial charge in [-0.1, -0.05) is 0 Å². The van der Waals surface area contributed by atoms with Crippen LogP contribution in [0.4, 0.5) is 4.79 Å². The highest BCUT2D eigenvalue weighted by atomic mass is 16.6. The molecule has 0 atom stereocenters. The van der Waals surface area contributed by atoms with E-state index in [4.69, 9.17) is 14.2 Å². The molecule has 1 saturated heterocycles. The van der Waals surface area contributed by atoms with Crippen LogP contribution in [0.15, 0.2) is 0 Å². The molecule has 0 saturated carbocycles. The highest BCUT2D eigenvalue weighted by molar-refractivity contribution is 5.68. The summed E-state index contributed by atoms with van der Waals surface area (Å²) in [5.41, 5.74) is -0.476. The largest absolute Gasteiger partial charge is 0.444 e. The molecule has 1 aliphatic heterocycles. The number of carbonyl (C=O) groups excluding carboxylic acids is 1. The summed E-state index contributed by atoms with van der Waals surface area (Å²) >= 11 is 0. The van der Waals surface area contributed by atoms with Crippen molar-refractivity contribution < 1.29 is 19.0 Å². The number of amides is 1. The van der Waals surface area contributed by atoms with E-state index < -0.39 is 5.60 Å². The summed E-state index contributed by atoms with van der Waals surface area (Å²) in [5.74, 6) is 0. The van der Waals surface area contributed by atoms with Crippen molar-refractivity contribution in [3.63, 3.8) is 0 Å². The summed E-state index contributed by atoms with van der Waals surface area (Å²) in [5, 5.41) is 3.48. The first kappa shape index (κ1) is 18.2. The molecular formula is C15H30N2O4. The van der Waals surface area contributed by atoms with Crippen molar-refractivity contribution in [1.82, 2.24) is 10.2 Å². The normalized spacial score (nSPS) is 16.8. The van der Waals surface area contributed by atoms with Gasteiger partial charge in [-0.05, 0) is 33.6 Å². The van der Waals surface area contributed by atoms with E-state index in [1.807, 2.05) is 20.8 Å². The Morgan fingerprint density at radius 2 is 1.95 bits per heavy atom. The molecule has 6 nitrogen and oxygen atoms in total. The first-order valence-corrected chi connectivity index (χ1v) is 7.70. The summed E-state index contributed by atoms with van der Waals surface area (Å²) in [7, 11) is 1.63. The van der Waals surface area contributed by atoms with E-state index in [-0.39, 0.29) is 6.09 Å². The standard InChI is InChI=1S/C15H30N2O4/c1-15(2,3)21-14(18)17(9-12-19-4)8-7-16-13-5-10-20-11-6-13/h13,16H,5-12H2,1-4H3. The number of rotatable bonds is 7. The minimum Gasteiger partial charge on any atom is -0.444 e. The molecule has 1 N–H and O–H groups in total. The minimum absolute atomic E-state index is 0.284. The van der Waals surface area contributed by atoms with E-state index in [2.05, 4.69) is 5.32 Å². The topological polar surface area (TPSA) is 60.0 Å². The van der Waals surface area contributed by atoms with E-state index in [9.17, 15) is 4.79 Å². The van der Waals surface area contributed by atoms with Crippen LogP contribution in [0.25, 0.3) is 0 Å². The zero-order valence-corrected chi connectivity index (χ0v) is 13.8. The molecule has 0 bridgehead atoms. The maximum atomic E-state index is 12.1. The fourth-order valence-electron chi connectivity index (χ4n) is 2.13. The summed E-state index contributed by atoms with van der Waals surface area (Å²) in [6.07, 6.45) is 1.78. The van der Waals surface area contributed by atoms with Crippen molar-refractivity contribution in [3.05, 3.63) is 0 Å². The molecule has 1 fully saturated rings. The summed E-state index contributed by atoms with van der Waals surface area (Å²) in [6.45, 7) is 9.69. The zero-order chi connectivity index (χ0) is 15.7. The van der Waals surface area contributed by atoms with Crippen molar-refractivity contribution in [2.24, 2.45) is 0 Å². The number of nitrogens with zero attached hydrogens (tertiary/aromatic N) is 1. The predicted octanol–water partition coefficient (Wildman–Crippen LogP) is 1.64. The molecule has 0 aliphatic carbocycles. The Morgan fingerprint density at radius 3 is 2.52 bits per heavy atom. The smallest absolute Gasteiger partial charge is 0.410 e. The quantitative estimate of drug-likeness (QED) is 0.774. The minimum atomic E-state index is -0.476. The van der Waals surface area contributed by atoms with Crippen LogP contribution >= 0.6 is 0 Å². The molecule has 1 rings (SSSR count). The van der Waals surface area contributed by atoms with Gasteiger partial charge < -0.3 is 24.4 Å². The molecule has 6 heteroatoms. The number of carbonyl (C=O) groups is 1. The van der Waals surface area contributed by atoms with E-state index in [1.54, 1.807) is 12.0 Å². The van der Waals surface area contributed by atoms with Gasteiger partial charge in [0.25, 0.3) is 0 Å². The summed E-state index contributed by atoms with van der Waals surface area (Å²) < 4.78 is 15.8. The maximum Gasteiger partial charge on any atom is 0.410 e. The molecule has 0 aromatic heterocycles. The van der Waals surface area contributed by atoms with Gasteiger partial charge in [-0.3, -0.25) is 0 Å². The summed E-state index contributed by atoms with van der Waals surface area (Å²) in [6, 6.07) is 0.488. The van der Waals surface area contributed by atoms with Crippen molar-refractivity contribution in [3.8, 4) is 0 Å². The van der Waals surface area contributed by atoms with Gasteiger partial charge in [0.2, 0.25) is 0 Å². The monoisotopic (exact) mass is 302 g/mol. The van der Waals surface area contributed by atoms with Crippen LogP contribution in [0.5, 0.6) is 0 Å². The Kier molecular flexibility index (Phi) is 8.00. The molecule has 124 valence electrons. The van der Waals surface area contributed by atoms with Crippen LogP contribution in [-0.4, -0.2) is 69.2 Å². The fraction of sp³-hybridized carbons (Fsp3) is 0.933. The van der Waals surface area contributed by atoms with Gasteiger partial charge in [-0.15, -0.1) is 0 Å². The van der Waals surface area contributed by atoms with Crippen molar-refractivity contribution in [2.45, 2.75) is 45.3 Å². The Labute approximate surface area is 128 Å². The average Bonchev–Trinajstić information content (AvgIpc) is 2.41. The van der Waals surface area contributed by atoms with Gasteiger partial charge in [-0.25, -0.2) is 4.79 Å². The van der Waals surface area contributed by atoms with Gasteiger partial charge in [0.05, 0.1) is 6.61 Å². The van der Waals surface area contributed by atoms with Gasteiger partial charge in [0.15, 0.2) is 0 Å². The Morgan fingerprint density at radius 1 is 1.29 bits per heavy atom. The molecule has 1 heterocycles. The number of methoxy groups -OCH3 is 1. The molecule has 0 spiro atoms. The lowest BCUT2D eigenvalue weighted by Gasteiger charge is -2.29. The Balaban J connectivity index is 2.35. The maximum absolute atomic E-state index is 12.1. The van der Waals surface area contributed by atoms with Crippen molar-refractivity contribution >= 4 is 6.09 Å². The SMILES string of the molecule is COCCN(CCNC1CCOCC1)C(=O)OC(C)(C)C. The average molecular weight is 302 g/mol. The predicted molar refractivity (Wildman–Crippen MR) is 81.5 cm³/mol. The molecule has 1 amide bonds. The third-order valence-electron chi connectivity index (χ3n) is 3.25. The van der Waals surface area contributed by atoms with Crippen molar-refractivity contribution in [1.29, 1.82) is 0 Å². The number of hydrogen-bond acceptors (Lipinski definition) is 5. The molecule has 0 aromatic rings. The summed E-state index contributed by atoms with van der Waals surface area (Å²) in [4.78, 5) is 13.8. The van der Waals surface area contributed by atoms with Crippen LogP contribution in [0.3, 0.4) is 0 Å². The van der Waals surface area contributed by atoms with Crippen LogP contribution in [-0.2, 0) is 14.2 Å². The third-order valence-corrected chi connectivity index (χ3v) is 3.25. The fourth-order valence-corrected chi connectivity index (χ4v) is 2.13. The Bertz CT molecular complexity index is 299. The molecule has 0 aromatic carbocycles. The van der Waals surface area contributed by atoms with Gasteiger partial charge in [0.1, 0.15) is 5.60 Å². The molecule has 0 radical (unpaired) electrons. The number of ether oxygens (including phenoxy) is 3. The first-order chi connectivity index (χ1) is 9.92. The molecule has 0 unspecified atom stereocenters. The van der Waals surface area contributed by atoms with E-state index >= 15 is 0 Å². The lowest BCUT2D eigenvalue weighted by atomic mass is 10.1. The first-order valence-electron chi connectivity index (χ1n) is 7.70. The molecule has 1 aliphatic rings. The molecule has 21 heavy (non-hydrogen) atoms. The Hall–Kier alpha value is -0.850.